The fraction of sp³-hybridized carbons (Fsp3) is 0.625. The molecule has 0 bridgehead atoms. The Labute approximate surface area is 105 Å². The van der Waals surface area contributed by atoms with Crippen molar-refractivity contribution >= 4 is 0 Å². The minimum absolute atomic E-state index is 0.551. The lowest BCUT2D eigenvalue weighted by atomic mass is 9.87. The Bertz CT molecular complexity index is 398. The molecule has 92 valence electrons. The van der Waals surface area contributed by atoms with Gasteiger partial charge in [0.05, 0.1) is 0 Å². The van der Waals surface area contributed by atoms with E-state index in [-0.39, 0.29) is 0 Å². The monoisotopic (exact) mass is 229 g/mol. The molecule has 0 aromatic heterocycles. The third-order valence-corrected chi connectivity index (χ3v) is 4.75. The van der Waals surface area contributed by atoms with E-state index >= 15 is 0 Å². The van der Waals surface area contributed by atoms with E-state index in [0.29, 0.717) is 5.41 Å². The fourth-order valence-corrected chi connectivity index (χ4v) is 3.72. The van der Waals surface area contributed by atoms with Crippen LogP contribution < -0.4 is 5.32 Å². The van der Waals surface area contributed by atoms with E-state index in [9.17, 15) is 0 Å². The lowest BCUT2D eigenvalue weighted by Crippen LogP contribution is -2.21. The van der Waals surface area contributed by atoms with E-state index < -0.39 is 0 Å². The van der Waals surface area contributed by atoms with Crippen molar-refractivity contribution in [2.75, 3.05) is 13.1 Å². The summed E-state index contributed by atoms with van der Waals surface area (Å²) in [7, 11) is 0. The van der Waals surface area contributed by atoms with Gasteiger partial charge in [0.15, 0.2) is 0 Å². The number of hydrogen-bond donors (Lipinski definition) is 1. The molecule has 1 nitrogen and oxygen atoms in total. The highest BCUT2D eigenvalue weighted by Gasteiger charge is 2.54. The molecule has 2 atom stereocenters. The molecule has 17 heavy (non-hydrogen) atoms. The Morgan fingerprint density at radius 2 is 2.18 bits per heavy atom. The van der Waals surface area contributed by atoms with Crippen LogP contribution in [0.3, 0.4) is 0 Å². The van der Waals surface area contributed by atoms with Crippen LogP contribution in [0.15, 0.2) is 24.3 Å². The maximum Gasteiger partial charge on any atom is -0.0000199 e. The Kier molecular flexibility index (Phi) is 2.96. The minimum Gasteiger partial charge on any atom is -0.317 e. The first-order valence-corrected chi connectivity index (χ1v) is 7.16. The van der Waals surface area contributed by atoms with Crippen LogP contribution in [-0.2, 0) is 11.8 Å². The van der Waals surface area contributed by atoms with Gasteiger partial charge in [0, 0.05) is 0 Å². The van der Waals surface area contributed by atoms with Crippen molar-refractivity contribution < 1.29 is 0 Å². The summed E-state index contributed by atoms with van der Waals surface area (Å²) in [6.45, 7) is 4.52. The molecule has 0 amide bonds. The SMILES string of the molecule is CCNCC1CC12CCCCc1ccccc12. The van der Waals surface area contributed by atoms with Gasteiger partial charge in [0.2, 0.25) is 0 Å². The van der Waals surface area contributed by atoms with Crippen molar-refractivity contribution in [2.45, 2.75) is 44.4 Å². The maximum atomic E-state index is 3.53. The molecule has 1 saturated carbocycles. The number of rotatable bonds is 3. The van der Waals surface area contributed by atoms with Crippen LogP contribution in [0, 0.1) is 5.92 Å². The fourth-order valence-electron chi connectivity index (χ4n) is 3.72. The molecule has 1 aromatic carbocycles. The van der Waals surface area contributed by atoms with Crippen molar-refractivity contribution in [1.82, 2.24) is 5.32 Å². The van der Waals surface area contributed by atoms with Gasteiger partial charge in [-0.3, -0.25) is 0 Å². The zero-order valence-electron chi connectivity index (χ0n) is 10.8. The first-order valence-electron chi connectivity index (χ1n) is 7.16. The minimum atomic E-state index is 0.551. The van der Waals surface area contributed by atoms with Crippen molar-refractivity contribution in [2.24, 2.45) is 5.92 Å². The van der Waals surface area contributed by atoms with E-state index in [2.05, 4.69) is 36.5 Å². The second-order valence-electron chi connectivity index (χ2n) is 5.73. The molecule has 0 heterocycles. The van der Waals surface area contributed by atoms with Crippen LogP contribution in [0.4, 0.5) is 0 Å². The van der Waals surface area contributed by atoms with Crippen molar-refractivity contribution in [3.05, 3.63) is 35.4 Å². The van der Waals surface area contributed by atoms with Crippen molar-refractivity contribution in [1.29, 1.82) is 0 Å². The summed E-state index contributed by atoms with van der Waals surface area (Å²) in [6, 6.07) is 9.19. The normalized spacial score (nSPS) is 31.0. The van der Waals surface area contributed by atoms with Gasteiger partial charge in [0.25, 0.3) is 0 Å². The van der Waals surface area contributed by atoms with Crippen molar-refractivity contribution in [3.63, 3.8) is 0 Å². The quantitative estimate of drug-likeness (QED) is 0.838. The first kappa shape index (κ1) is 11.3. The summed E-state index contributed by atoms with van der Waals surface area (Å²) in [5, 5.41) is 3.53. The second-order valence-corrected chi connectivity index (χ2v) is 5.73. The molecule has 1 spiro atoms. The van der Waals surface area contributed by atoms with Gasteiger partial charge in [0.1, 0.15) is 0 Å². The average Bonchev–Trinajstić information content (AvgIpc) is 3.10. The van der Waals surface area contributed by atoms with Crippen LogP contribution in [0.25, 0.3) is 0 Å². The van der Waals surface area contributed by atoms with E-state index in [4.69, 9.17) is 0 Å². The average molecular weight is 229 g/mol. The van der Waals surface area contributed by atoms with Gasteiger partial charge in [-0.25, -0.2) is 0 Å². The predicted octanol–water partition coefficient (Wildman–Crippen LogP) is 3.28. The van der Waals surface area contributed by atoms with Crippen molar-refractivity contribution in [3.8, 4) is 0 Å². The lowest BCUT2D eigenvalue weighted by Gasteiger charge is -2.18. The molecule has 3 rings (SSSR count). The van der Waals surface area contributed by atoms with Crippen LogP contribution in [-0.4, -0.2) is 13.1 Å². The van der Waals surface area contributed by atoms with Gasteiger partial charge in [-0.15, -0.1) is 0 Å². The first-order chi connectivity index (χ1) is 8.37. The molecule has 0 aliphatic heterocycles. The van der Waals surface area contributed by atoms with Gasteiger partial charge in [-0.05, 0) is 61.2 Å². The predicted molar refractivity (Wildman–Crippen MR) is 72.3 cm³/mol. The van der Waals surface area contributed by atoms with Crippen LogP contribution in [0.1, 0.15) is 43.7 Å². The molecular weight excluding hydrogens is 206 g/mol. The number of benzene rings is 1. The number of aryl methyl sites for hydroxylation is 1. The van der Waals surface area contributed by atoms with Crippen LogP contribution in [0.2, 0.25) is 0 Å². The third-order valence-electron chi connectivity index (χ3n) is 4.75. The topological polar surface area (TPSA) is 12.0 Å². The van der Waals surface area contributed by atoms with Gasteiger partial charge in [-0.1, -0.05) is 37.6 Å². The van der Waals surface area contributed by atoms with Gasteiger partial charge < -0.3 is 5.32 Å². The molecule has 1 aromatic rings. The Balaban J connectivity index is 1.86. The standard InChI is InChI=1S/C16H23N/c1-2-17-12-14-11-16(14)10-6-5-8-13-7-3-4-9-15(13)16/h3-4,7,9,14,17H,2,5-6,8,10-12H2,1H3. The number of hydrogen-bond acceptors (Lipinski definition) is 1. The summed E-state index contributed by atoms with van der Waals surface area (Å²) >= 11 is 0. The lowest BCUT2D eigenvalue weighted by molar-refractivity contribution is 0.515. The van der Waals surface area contributed by atoms with E-state index in [0.717, 1.165) is 12.5 Å². The summed E-state index contributed by atoms with van der Waals surface area (Å²) < 4.78 is 0. The number of nitrogens with one attached hydrogen (secondary N) is 1. The highest BCUT2D eigenvalue weighted by Crippen LogP contribution is 2.59. The maximum absolute atomic E-state index is 3.53. The summed E-state index contributed by atoms with van der Waals surface area (Å²) in [5.74, 6) is 0.890. The Morgan fingerprint density at radius 1 is 1.29 bits per heavy atom. The zero-order chi connectivity index (χ0) is 11.7. The molecule has 1 N–H and O–H groups in total. The molecule has 2 aliphatic carbocycles. The third kappa shape index (κ3) is 1.91. The smallest absolute Gasteiger partial charge is 0.0000199 e. The molecule has 1 fully saturated rings. The van der Waals surface area contributed by atoms with E-state index in [1.165, 1.54) is 38.6 Å². The zero-order valence-corrected chi connectivity index (χ0v) is 10.8. The second kappa shape index (κ2) is 4.45. The van der Waals surface area contributed by atoms with E-state index in [1.807, 2.05) is 0 Å². The summed E-state index contributed by atoms with van der Waals surface area (Å²) in [4.78, 5) is 0. The summed E-state index contributed by atoms with van der Waals surface area (Å²) in [6.07, 6.45) is 6.92. The Morgan fingerprint density at radius 3 is 3.06 bits per heavy atom. The molecule has 0 radical (unpaired) electrons. The van der Waals surface area contributed by atoms with Gasteiger partial charge in [-0.2, -0.15) is 0 Å². The number of fused-ring (bicyclic) bond motifs is 2. The molecule has 2 unspecified atom stereocenters. The largest absolute Gasteiger partial charge is 0.317 e. The molecular formula is C16H23N. The van der Waals surface area contributed by atoms with Crippen LogP contribution >= 0.6 is 0 Å². The molecule has 1 heteroatoms. The van der Waals surface area contributed by atoms with Crippen LogP contribution in [0.5, 0.6) is 0 Å². The molecule has 2 aliphatic rings. The molecule has 0 saturated heterocycles. The van der Waals surface area contributed by atoms with Gasteiger partial charge >= 0.3 is 0 Å². The highest BCUT2D eigenvalue weighted by atomic mass is 14.9. The van der Waals surface area contributed by atoms with E-state index in [1.54, 1.807) is 11.1 Å². The summed E-state index contributed by atoms with van der Waals surface area (Å²) in [5.41, 5.74) is 3.86. The Hall–Kier alpha value is -0.820. The highest BCUT2D eigenvalue weighted by molar-refractivity contribution is 5.41.